The fourth-order valence-electron chi connectivity index (χ4n) is 4.28. The molecule has 10 heteroatoms. The van der Waals surface area contributed by atoms with E-state index in [0.29, 0.717) is 37.3 Å². The van der Waals surface area contributed by atoms with Crippen molar-refractivity contribution < 1.29 is 28.7 Å². The van der Waals surface area contributed by atoms with Gasteiger partial charge in [0.05, 0.1) is 11.1 Å². The highest BCUT2D eigenvalue weighted by atomic mass is 16.5. The molecule has 2 N–H and O–H groups in total. The normalized spacial score (nSPS) is 13.7. The number of carbonyl (C=O) groups is 4. The fraction of sp³-hybridized carbons (Fsp3) is 0.231. The average Bonchev–Trinajstić information content (AvgIpc) is 3.55. The van der Waals surface area contributed by atoms with Gasteiger partial charge in [-0.2, -0.15) is 0 Å². The fourth-order valence-corrected chi connectivity index (χ4v) is 4.28. The molecule has 1 fully saturated rings. The number of H-pyrrole nitrogens is 2. The molecule has 0 atom stereocenters. The summed E-state index contributed by atoms with van der Waals surface area (Å²) in [5.74, 6) is -1.82. The molecular formula is C26H24N4O6. The summed E-state index contributed by atoms with van der Waals surface area (Å²) < 4.78 is 10.4. The number of rotatable bonds is 6. The minimum Gasteiger partial charge on any atom is -0.452 e. The Morgan fingerprint density at radius 3 is 1.44 bits per heavy atom. The zero-order valence-electron chi connectivity index (χ0n) is 19.4. The summed E-state index contributed by atoms with van der Waals surface area (Å²) in [5, 5.41) is 1.46. The average molecular weight is 489 g/mol. The van der Waals surface area contributed by atoms with Gasteiger partial charge in [0.1, 0.15) is 0 Å². The SMILES string of the molecule is O=C(OCC(=O)N1CCN(C(=O)COC(=O)c2c[nH]c3ccccc23)CC1)c1c[nH]c2ccccc12. The minimum absolute atomic E-state index is 0.297. The number of para-hydroxylation sites is 2. The number of nitrogens with zero attached hydrogens (tertiary/aromatic N) is 2. The second-order valence-corrected chi connectivity index (χ2v) is 8.41. The minimum atomic E-state index is -0.577. The van der Waals surface area contributed by atoms with Gasteiger partial charge in [0.15, 0.2) is 13.2 Å². The van der Waals surface area contributed by atoms with E-state index in [1.165, 1.54) is 0 Å². The van der Waals surface area contributed by atoms with Crippen LogP contribution in [0.1, 0.15) is 20.7 Å². The summed E-state index contributed by atoms with van der Waals surface area (Å²) in [5.41, 5.74) is 2.36. The molecule has 2 aromatic carbocycles. The van der Waals surface area contributed by atoms with E-state index < -0.39 is 11.9 Å². The molecule has 0 unspecified atom stereocenters. The lowest BCUT2D eigenvalue weighted by Gasteiger charge is -2.34. The predicted octanol–water partition coefficient (Wildman–Crippen LogP) is 2.33. The molecule has 36 heavy (non-hydrogen) atoms. The molecule has 184 valence electrons. The first-order chi connectivity index (χ1) is 17.5. The Hall–Kier alpha value is -4.60. The number of amides is 2. The number of aromatic nitrogens is 2. The molecule has 0 spiro atoms. The zero-order valence-corrected chi connectivity index (χ0v) is 19.4. The second kappa shape index (κ2) is 9.95. The van der Waals surface area contributed by atoms with Gasteiger partial charge in [0.2, 0.25) is 0 Å². The molecule has 1 saturated heterocycles. The van der Waals surface area contributed by atoms with Crippen LogP contribution in [0.5, 0.6) is 0 Å². The van der Waals surface area contributed by atoms with Crippen molar-refractivity contribution in [3.8, 4) is 0 Å². The standard InChI is InChI=1S/C26H24N4O6/c31-23(15-35-25(33)19-13-27-21-7-3-1-5-17(19)21)29-9-11-30(12-10-29)24(32)16-36-26(34)20-14-28-22-8-4-2-6-18(20)22/h1-8,13-14,27-28H,9-12,15-16H2. The van der Waals surface area contributed by atoms with E-state index in [4.69, 9.17) is 9.47 Å². The highest BCUT2D eigenvalue weighted by molar-refractivity contribution is 6.05. The molecule has 4 aromatic rings. The van der Waals surface area contributed by atoms with Crippen LogP contribution in [0.25, 0.3) is 21.8 Å². The molecule has 2 aromatic heterocycles. The Labute approximate surface area is 205 Å². The first kappa shape index (κ1) is 23.2. The van der Waals surface area contributed by atoms with E-state index in [9.17, 15) is 19.2 Å². The monoisotopic (exact) mass is 488 g/mol. The van der Waals surface area contributed by atoms with Gasteiger partial charge in [0.25, 0.3) is 11.8 Å². The summed E-state index contributed by atoms with van der Waals surface area (Å²) in [6, 6.07) is 14.7. The van der Waals surface area contributed by atoms with Crippen molar-refractivity contribution >= 4 is 45.6 Å². The first-order valence-electron chi connectivity index (χ1n) is 11.5. The van der Waals surface area contributed by atoms with Crippen LogP contribution >= 0.6 is 0 Å². The van der Waals surface area contributed by atoms with Gasteiger partial charge in [-0.1, -0.05) is 36.4 Å². The number of fused-ring (bicyclic) bond motifs is 2. The maximum absolute atomic E-state index is 12.5. The Morgan fingerprint density at radius 1 is 0.639 bits per heavy atom. The highest BCUT2D eigenvalue weighted by Gasteiger charge is 2.26. The van der Waals surface area contributed by atoms with E-state index in [-0.39, 0.29) is 25.0 Å². The van der Waals surface area contributed by atoms with Crippen molar-refractivity contribution in [1.29, 1.82) is 0 Å². The molecule has 2 amide bonds. The number of piperazine rings is 1. The van der Waals surface area contributed by atoms with Crippen LogP contribution in [0.15, 0.2) is 60.9 Å². The van der Waals surface area contributed by atoms with Gasteiger partial charge in [-0.3, -0.25) is 9.59 Å². The van der Waals surface area contributed by atoms with Crippen molar-refractivity contribution in [3.63, 3.8) is 0 Å². The van der Waals surface area contributed by atoms with Crippen LogP contribution in [0.2, 0.25) is 0 Å². The van der Waals surface area contributed by atoms with Crippen LogP contribution in [-0.2, 0) is 19.1 Å². The Bertz CT molecular complexity index is 1340. The van der Waals surface area contributed by atoms with E-state index in [2.05, 4.69) is 9.97 Å². The summed E-state index contributed by atoms with van der Waals surface area (Å²) in [6.45, 7) is 0.428. The smallest absolute Gasteiger partial charge is 0.340 e. The number of esters is 2. The summed E-state index contributed by atoms with van der Waals surface area (Å²) in [7, 11) is 0. The van der Waals surface area contributed by atoms with Crippen LogP contribution < -0.4 is 0 Å². The van der Waals surface area contributed by atoms with E-state index >= 15 is 0 Å². The van der Waals surface area contributed by atoms with Gasteiger partial charge < -0.3 is 29.2 Å². The van der Waals surface area contributed by atoms with Gasteiger partial charge >= 0.3 is 11.9 Å². The number of hydrogen-bond acceptors (Lipinski definition) is 6. The van der Waals surface area contributed by atoms with Gasteiger partial charge in [-0.25, -0.2) is 9.59 Å². The second-order valence-electron chi connectivity index (χ2n) is 8.41. The lowest BCUT2D eigenvalue weighted by Crippen LogP contribution is -2.52. The summed E-state index contributed by atoms with van der Waals surface area (Å²) in [4.78, 5) is 59.0. The van der Waals surface area contributed by atoms with Gasteiger partial charge in [-0.05, 0) is 12.1 Å². The lowest BCUT2D eigenvalue weighted by molar-refractivity contribution is -0.142. The number of hydrogen-bond donors (Lipinski definition) is 2. The first-order valence-corrected chi connectivity index (χ1v) is 11.5. The maximum atomic E-state index is 12.5. The van der Waals surface area contributed by atoms with Crippen LogP contribution in [0.3, 0.4) is 0 Å². The highest BCUT2D eigenvalue weighted by Crippen LogP contribution is 2.19. The van der Waals surface area contributed by atoms with Crippen molar-refractivity contribution in [3.05, 3.63) is 72.1 Å². The molecule has 5 rings (SSSR count). The van der Waals surface area contributed by atoms with E-state index in [1.54, 1.807) is 34.3 Å². The Morgan fingerprint density at radius 2 is 1.03 bits per heavy atom. The van der Waals surface area contributed by atoms with E-state index in [0.717, 1.165) is 21.8 Å². The third-order valence-electron chi connectivity index (χ3n) is 6.26. The summed E-state index contributed by atoms with van der Waals surface area (Å²) in [6.07, 6.45) is 3.13. The number of benzene rings is 2. The number of carbonyl (C=O) groups excluding carboxylic acids is 4. The van der Waals surface area contributed by atoms with Gasteiger partial charge in [0, 0.05) is 60.4 Å². The number of nitrogens with one attached hydrogen (secondary N) is 2. The lowest BCUT2D eigenvalue weighted by atomic mass is 10.2. The summed E-state index contributed by atoms with van der Waals surface area (Å²) >= 11 is 0. The maximum Gasteiger partial charge on any atom is 0.340 e. The Kier molecular flexibility index (Phi) is 6.40. The van der Waals surface area contributed by atoms with Crippen LogP contribution in [0, 0.1) is 0 Å². The van der Waals surface area contributed by atoms with Crippen LogP contribution in [-0.4, -0.2) is 82.9 Å². The van der Waals surface area contributed by atoms with Crippen molar-refractivity contribution in [2.24, 2.45) is 0 Å². The molecule has 3 heterocycles. The molecule has 1 aliphatic heterocycles. The molecule has 0 aliphatic carbocycles. The van der Waals surface area contributed by atoms with Crippen molar-refractivity contribution in [1.82, 2.24) is 19.8 Å². The van der Waals surface area contributed by atoms with Crippen molar-refractivity contribution in [2.75, 3.05) is 39.4 Å². The van der Waals surface area contributed by atoms with Crippen LogP contribution in [0.4, 0.5) is 0 Å². The predicted molar refractivity (Wildman–Crippen MR) is 130 cm³/mol. The molecule has 1 aliphatic rings. The molecule has 0 radical (unpaired) electrons. The largest absolute Gasteiger partial charge is 0.452 e. The van der Waals surface area contributed by atoms with Crippen molar-refractivity contribution in [2.45, 2.75) is 0 Å². The number of ether oxygens (including phenoxy) is 2. The third kappa shape index (κ3) is 4.65. The Balaban J connectivity index is 1.07. The molecule has 10 nitrogen and oxygen atoms in total. The topological polar surface area (TPSA) is 125 Å². The van der Waals surface area contributed by atoms with Gasteiger partial charge in [-0.15, -0.1) is 0 Å². The third-order valence-corrected chi connectivity index (χ3v) is 6.26. The zero-order chi connectivity index (χ0) is 25.1. The molecule has 0 saturated carbocycles. The molecular weight excluding hydrogens is 464 g/mol. The number of aromatic amines is 2. The quantitative estimate of drug-likeness (QED) is 0.402. The molecule has 0 bridgehead atoms. The van der Waals surface area contributed by atoms with E-state index in [1.807, 2.05) is 36.4 Å².